The highest BCUT2D eigenvalue weighted by Crippen LogP contribution is 2.29. The molecule has 0 radical (unpaired) electrons. The van der Waals surface area contributed by atoms with Crippen LogP contribution in [-0.2, 0) is 0 Å². The van der Waals surface area contributed by atoms with Gasteiger partial charge in [-0.1, -0.05) is 12.1 Å². The first-order valence-electron chi connectivity index (χ1n) is 11.2. The zero-order valence-corrected chi connectivity index (χ0v) is 20.2. The van der Waals surface area contributed by atoms with Gasteiger partial charge in [-0.05, 0) is 43.7 Å². The second-order valence-electron chi connectivity index (χ2n) is 8.27. The maximum absolute atomic E-state index is 15.1. The van der Waals surface area contributed by atoms with E-state index in [1.54, 1.807) is 19.1 Å². The Morgan fingerprint density at radius 2 is 1.84 bits per heavy atom. The molecule has 1 aromatic carbocycles. The molecule has 6 N–H and O–H groups in total. The summed E-state index contributed by atoms with van der Waals surface area (Å²) in [6.07, 6.45) is 3.15. The number of primary amides is 1. The summed E-state index contributed by atoms with van der Waals surface area (Å²) in [5.41, 5.74) is 7.09. The molecule has 38 heavy (non-hydrogen) atoms. The summed E-state index contributed by atoms with van der Waals surface area (Å²) >= 11 is 0. The molecule has 3 aromatic heterocycles. The maximum atomic E-state index is 15.1. The Morgan fingerprint density at radius 3 is 2.50 bits per heavy atom. The number of rotatable bonds is 9. The zero-order valence-electron chi connectivity index (χ0n) is 20.2. The van der Waals surface area contributed by atoms with Crippen LogP contribution in [0, 0.1) is 18.6 Å². The normalized spacial score (nSPS) is 12.4. The van der Waals surface area contributed by atoms with E-state index in [0.29, 0.717) is 22.6 Å². The number of nitrogens with one attached hydrogen (secondary N) is 3. The lowest BCUT2D eigenvalue weighted by molar-refractivity contribution is 0.1000. The van der Waals surface area contributed by atoms with Crippen molar-refractivity contribution >= 4 is 29.3 Å². The van der Waals surface area contributed by atoms with Crippen molar-refractivity contribution in [3.05, 3.63) is 83.4 Å². The molecule has 0 saturated carbocycles. The fourth-order valence-corrected chi connectivity index (χ4v) is 3.76. The molecular weight excluding hydrogens is 500 g/mol. The first kappa shape index (κ1) is 25.9. The summed E-state index contributed by atoms with van der Waals surface area (Å²) in [5, 5.41) is 25.4. The molecule has 0 aliphatic heterocycles. The van der Waals surface area contributed by atoms with Crippen molar-refractivity contribution in [3.8, 4) is 5.69 Å². The molecule has 196 valence electrons. The number of carboxylic acid groups (broad SMARTS) is 1. The lowest BCUT2D eigenvalue weighted by Crippen LogP contribution is -2.39. The van der Waals surface area contributed by atoms with Gasteiger partial charge in [0.2, 0.25) is 0 Å². The number of anilines is 3. The van der Waals surface area contributed by atoms with Gasteiger partial charge >= 0.3 is 6.09 Å². The third-order valence-electron chi connectivity index (χ3n) is 5.55. The van der Waals surface area contributed by atoms with E-state index in [9.17, 15) is 19.1 Å². The van der Waals surface area contributed by atoms with Crippen molar-refractivity contribution in [3.63, 3.8) is 0 Å². The summed E-state index contributed by atoms with van der Waals surface area (Å²) in [6.45, 7) is 3.28. The number of carbonyl (C=O) groups is 2. The van der Waals surface area contributed by atoms with Crippen molar-refractivity contribution < 1.29 is 23.5 Å². The van der Waals surface area contributed by atoms with Gasteiger partial charge in [-0.15, -0.1) is 4.80 Å². The Labute approximate surface area is 214 Å². The van der Waals surface area contributed by atoms with Crippen LogP contribution in [0.5, 0.6) is 0 Å². The second kappa shape index (κ2) is 10.9. The van der Waals surface area contributed by atoms with E-state index in [4.69, 9.17) is 5.73 Å². The van der Waals surface area contributed by atoms with Crippen molar-refractivity contribution in [1.29, 1.82) is 0 Å². The van der Waals surface area contributed by atoms with E-state index in [1.165, 1.54) is 48.5 Å². The molecule has 0 saturated heterocycles. The molecule has 0 bridgehead atoms. The number of aromatic nitrogens is 5. The fourth-order valence-electron chi connectivity index (χ4n) is 3.76. The Kier molecular flexibility index (Phi) is 7.41. The van der Waals surface area contributed by atoms with Gasteiger partial charge in [0.15, 0.2) is 11.6 Å². The Balaban J connectivity index is 1.73. The smallest absolute Gasteiger partial charge is 0.404 e. The highest BCUT2D eigenvalue weighted by atomic mass is 19.1. The minimum absolute atomic E-state index is 0.0942. The van der Waals surface area contributed by atoms with Gasteiger partial charge < -0.3 is 26.8 Å². The summed E-state index contributed by atoms with van der Waals surface area (Å²) in [5.74, 6) is -2.87. The molecule has 0 unspecified atom stereocenters. The number of aryl methyl sites for hydroxylation is 1. The number of amides is 2. The minimum atomic E-state index is -1.32. The molecule has 12 nitrogen and oxygen atoms in total. The molecule has 2 amide bonds. The largest absolute Gasteiger partial charge is 0.465 e. The Bertz CT molecular complexity index is 1480. The van der Waals surface area contributed by atoms with Crippen LogP contribution in [0.15, 0.2) is 55.0 Å². The third-order valence-corrected chi connectivity index (χ3v) is 5.55. The molecule has 0 spiro atoms. The summed E-state index contributed by atoms with van der Waals surface area (Å²) in [7, 11) is 0. The van der Waals surface area contributed by atoms with Gasteiger partial charge in [0.25, 0.3) is 5.91 Å². The van der Waals surface area contributed by atoms with Gasteiger partial charge in [-0.2, -0.15) is 10.2 Å². The van der Waals surface area contributed by atoms with Crippen molar-refractivity contribution in [2.24, 2.45) is 5.73 Å². The van der Waals surface area contributed by atoms with Crippen LogP contribution < -0.4 is 21.7 Å². The van der Waals surface area contributed by atoms with Crippen LogP contribution in [0.4, 0.5) is 30.9 Å². The number of nitrogens with zero attached hydrogens (tertiary/aromatic N) is 5. The van der Waals surface area contributed by atoms with Crippen LogP contribution in [0.3, 0.4) is 0 Å². The monoisotopic (exact) mass is 523 g/mol. The van der Waals surface area contributed by atoms with Gasteiger partial charge in [-0.3, -0.25) is 9.78 Å². The number of halogens is 2. The number of hydrogen-bond acceptors (Lipinski definition) is 8. The number of benzene rings is 1. The fraction of sp³-hybridized carbons (Fsp3) is 0.167. The topological polar surface area (TPSA) is 173 Å². The standard InChI is InChI=1S/C24H23F2N9O3/c1-12-19(35-29-6-7-30-35)9-16(11-28-12)32-22-17(21(27)36)10-18(26)23(34-22)33-20(13(2)31-24(37)38)14-4-3-5-15(25)8-14/h3-11,13,20,31H,1-2H3,(H2,27,36)(H,37,38)(H2,32,33,34)/t13-,20-/m0/s1. The quantitative estimate of drug-likeness (QED) is 0.221. The Hall–Kier alpha value is -5.14. The molecule has 3 heterocycles. The summed E-state index contributed by atoms with van der Waals surface area (Å²) in [6, 6.07) is 6.18. The molecule has 4 aromatic rings. The van der Waals surface area contributed by atoms with E-state index in [0.717, 1.165) is 6.07 Å². The highest BCUT2D eigenvalue weighted by Gasteiger charge is 2.25. The van der Waals surface area contributed by atoms with Gasteiger partial charge in [0, 0.05) is 0 Å². The predicted octanol–water partition coefficient (Wildman–Crippen LogP) is 3.30. The predicted molar refractivity (Wildman–Crippen MR) is 133 cm³/mol. The van der Waals surface area contributed by atoms with E-state index < -0.39 is 35.7 Å². The second-order valence-corrected chi connectivity index (χ2v) is 8.27. The lowest BCUT2D eigenvalue weighted by atomic mass is 10.00. The van der Waals surface area contributed by atoms with E-state index in [-0.39, 0.29) is 17.2 Å². The molecule has 0 fully saturated rings. The SMILES string of the molecule is Cc1ncc(Nc2nc(N[C@H](c3cccc(F)c3)[C@H](C)NC(=O)O)c(F)cc2C(N)=O)cc1-n1nccn1. The van der Waals surface area contributed by atoms with Gasteiger partial charge in [-0.25, -0.2) is 18.6 Å². The van der Waals surface area contributed by atoms with Gasteiger partial charge in [0.1, 0.15) is 17.3 Å². The number of carbonyl (C=O) groups excluding carboxylic acids is 1. The van der Waals surface area contributed by atoms with Gasteiger partial charge in [0.05, 0.1) is 47.6 Å². The first-order chi connectivity index (χ1) is 18.1. The average Bonchev–Trinajstić information content (AvgIpc) is 3.39. The van der Waals surface area contributed by atoms with Crippen molar-refractivity contribution in [2.45, 2.75) is 25.9 Å². The molecule has 14 heteroatoms. The molecule has 0 aliphatic rings. The minimum Gasteiger partial charge on any atom is -0.465 e. The number of hydrogen-bond donors (Lipinski definition) is 5. The van der Waals surface area contributed by atoms with E-state index in [1.807, 2.05) is 0 Å². The molecule has 4 rings (SSSR count). The Morgan fingerprint density at radius 1 is 1.11 bits per heavy atom. The van der Waals surface area contributed by atoms with Crippen LogP contribution in [0.25, 0.3) is 5.69 Å². The van der Waals surface area contributed by atoms with Crippen LogP contribution in [0.1, 0.15) is 34.6 Å². The molecule has 2 atom stereocenters. The highest BCUT2D eigenvalue weighted by molar-refractivity contribution is 5.98. The zero-order chi connectivity index (χ0) is 27.4. The van der Waals surface area contributed by atoms with E-state index >= 15 is 4.39 Å². The average molecular weight is 524 g/mol. The van der Waals surface area contributed by atoms with Crippen molar-refractivity contribution in [2.75, 3.05) is 10.6 Å². The van der Waals surface area contributed by atoms with Crippen molar-refractivity contribution in [1.82, 2.24) is 30.3 Å². The first-order valence-corrected chi connectivity index (χ1v) is 11.2. The van der Waals surface area contributed by atoms with Crippen LogP contribution >= 0.6 is 0 Å². The van der Waals surface area contributed by atoms with Crippen LogP contribution in [-0.4, -0.2) is 48.1 Å². The summed E-state index contributed by atoms with van der Waals surface area (Å²) < 4.78 is 29.1. The molecule has 0 aliphatic carbocycles. The lowest BCUT2D eigenvalue weighted by Gasteiger charge is -2.26. The van der Waals surface area contributed by atoms with E-state index in [2.05, 4.69) is 36.1 Å². The molecular formula is C24H23F2N9O3. The maximum Gasteiger partial charge on any atom is 0.404 e. The number of nitrogens with two attached hydrogens (primary N) is 1. The summed E-state index contributed by atoms with van der Waals surface area (Å²) in [4.78, 5) is 33.2. The third kappa shape index (κ3) is 5.80. The van der Waals surface area contributed by atoms with Crippen LogP contribution in [0.2, 0.25) is 0 Å². The number of pyridine rings is 2.